The lowest BCUT2D eigenvalue weighted by Gasteiger charge is -2.24. The lowest BCUT2D eigenvalue weighted by Crippen LogP contribution is -2.25. The number of ether oxygens (including phenoxy) is 4. The van der Waals surface area contributed by atoms with Crippen LogP contribution < -0.4 is 9.47 Å². The summed E-state index contributed by atoms with van der Waals surface area (Å²) in [7, 11) is 3.19. The van der Waals surface area contributed by atoms with Crippen molar-refractivity contribution in [3.63, 3.8) is 0 Å². The van der Waals surface area contributed by atoms with Gasteiger partial charge in [0.25, 0.3) is 0 Å². The van der Waals surface area contributed by atoms with Gasteiger partial charge in [-0.1, -0.05) is 0 Å². The van der Waals surface area contributed by atoms with E-state index in [9.17, 15) is 5.11 Å². The Bertz CT molecular complexity index is 415. The van der Waals surface area contributed by atoms with Crippen LogP contribution >= 0.6 is 0 Å². The fraction of sp³-hybridized carbons (Fsp3) is 0.600. The molecule has 1 aromatic rings. The fourth-order valence-electron chi connectivity index (χ4n) is 2.25. The van der Waals surface area contributed by atoms with Crippen LogP contribution in [-0.2, 0) is 9.47 Å². The number of hydrogen-bond acceptors (Lipinski definition) is 5. The Balaban J connectivity index is 1.98. The maximum atomic E-state index is 10.3. The maximum absolute atomic E-state index is 10.3. The molecule has 1 atom stereocenters. The molecule has 1 saturated heterocycles. The van der Waals surface area contributed by atoms with Crippen LogP contribution in [0.3, 0.4) is 0 Å². The molecular weight excluding hydrogens is 260 g/mol. The third-order valence-electron chi connectivity index (χ3n) is 3.37. The van der Waals surface area contributed by atoms with Gasteiger partial charge in [-0.25, -0.2) is 0 Å². The van der Waals surface area contributed by atoms with Crippen LogP contribution in [0.5, 0.6) is 11.5 Å². The van der Waals surface area contributed by atoms with Crippen molar-refractivity contribution in [3.05, 3.63) is 23.8 Å². The van der Waals surface area contributed by atoms with Gasteiger partial charge in [-0.3, -0.25) is 0 Å². The molecule has 1 heterocycles. The number of methoxy groups -OCH3 is 2. The molecule has 0 saturated carbocycles. The minimum absolute atomic E-state index is 0.213. The van der Waals surface area contributed by atoms with Gasteiger partial charge in [0.15, 0.2) is 6.29 Å². The first kappa shape index (κ1) is 15.1. The standard InChI is InChI=1S/C15H22O5/c1-17-11-4-6-14(18-2)12(10-11)13(16)5-7-15-19-8-3-9-20-15/h4,6,10,13,15-16H,3,5,7-9H2,1-2H3/t13-/m0/s1. The molecule has 20 heavy (non-hydrogen) atoms. The highest BCUT2D eigenvalue weighted by Gasteiger charge is 2.19. The van der Waals surface area contributed by atoms with E-state index in [4.69, 9.17) is 18.9 Å². The molecule has 0 amide bonds. The minimum atomic E-state index is -0.630. The highest BCUT2D eigenvalue weighted by molar-refractivity contribution is 5.41. The molecule has 0 aromatic heterocycles. The van der Waals surface area contributed by atoms with Gasteiger partial charge >= 0.3 is 0 Å². The van der Waals surface area contributed by atoms with Crippen LogP contribution in [0.1, 0.15) is 30.9 Å². The van der Waals surface area contributed by atoms with E-state index in [1.807, 2.05) is 6.07 Å². The molecule has 0 bridgehead atoms. The predicted octanol–water partition coefficient (Wildman–Crippen LogP) is 2.28. The third kappa shape index (κ3) is 3.85. The van der Waals surface area contributed by atoms with Crippen molar-refractivity contribution in [2.45, 2.75) is 31.7 Å². The predicted molar refractivity (Wildman–Crippen MR) is 74.0 cm³/mol. The molecule has 1 aliphatic heterocycles. The van der Waals surface area contributed by atoms with Crippen molar-refractivity contribution < 1.29 is 24.1 Å². The zero-order valence-electron chi connectivity index (χ0n) is 12.0. The van der Waals surface area contributed by atoms with E-state index in [0.717, 1.165) is 25.2 Å². The van der Waals surface area contributed by atoms with Crippen LogP contribution in [0.2, 0.25) is 0 Å². The maximum Gasteiger partial charge on any atom is 0.157 e. The first-order valence-corrected chi connectivity index (χ1v) is 6.87. The van der Waals surface area contributed by atoms with Gasteiger partial charge in [0.2, 0.25) is 0 Å². The zero-order chi connectivity index (χ0) is 14.4. The van der Waals surface area contributed by atoms with Crippen LogP contribution in [0.4, 0.5) is 0 Å². The summed E-state index contributed by atoms with van der Waals surface area (Å²) in [6.45, 7) is 1.45. The fourth-order valence-corrected chi connectivity index (χ4v) is 2.25. The molecule has 5 heteroatoms. The second kappa shape index (κ2) is 7.47. The largest absolute Gasteiger partial charge is 0.497 e. The lowest BCUT2D eigenvalue weighted by atomic mass is 10.0. The Hall–Kier alpha value is -1.30. The molecule has 2 rings (SSSR count). The summed E-state index contributed by atoms with van der Waals surface area (Å²) in [6.07, 6.45) is 1.29. The molecule has 0 spiro atoms. The molecule has 5 nitrogen and oxygen atoms in total. The van der Waals surface area contributed by atoms with Crippen LogP contribution in [0.15, 0.2) is 18.2 Å². The summed E-state index contributed by atoms with van der Waals surface area (Å²) < 4.78 is 21.4. The second-order valence-electron chi connectivity index (χ2n) is 4.73. The van der Waals surface area contributed by atoms with E-state index in [-0.39, 0.29) is 6.29 Å². The Morgan fingerprint density at radius 3 is 2.65 bits per heavy atom. The van der Waals surface area contributed by atoms with E-state index in [1.165, 1.54) is 0 Å². The van der Waals surface area contributed by atoms with E-state index >= 15 is 0 Å². The number of aliphatic hydroxyl groups excluding tert-OH is 1. The summed E-state index contributed by atoms with van der Waals surface area (Å²) >= 11 is 0. The van der Waals surface area contributed by atoms with Crippen molar-refractivity contribution in [2.24, 2.45) is 0 Å². The molecule has 112 valence electrons. The zero-order valence-corrected chi connectivity index (χ0v) is 12.0. The van der Waals surface area contributed by atoms with Crippen molar-refractivity contribution in [1.29, 1.82) is 0 Å². The minimum Gasteiger partial charge on any atom is -0.497 e. The van der Waals surface area contributed by atoms with Crippen molar-refractivity contribution >= 4 is 0 Å². The number of rotatable bonds is 6. The van der Waals surface area contributed by atoms with Crippen molar-refractivity contribution in [2.75, 3.05) is 27.4 Å². The summed E-state index contributed by atoms with van der Waals surface area (Å²) in [6, 6.07) is 5.40. The normalized spacial score (nSPS) is 17.8. The Morgan fingerprint density at radius 2 is 2.00 bits per heavy atom. The molecule has 1 aromatic carbocycles. The molecule has 1 fully saturated rings. The quantitative estimate of drug-likeness (QED) is 0.867. The highest BCUT2D eigenvalue weighted by atomic mass is 16.7. The summed E-state index contributed by atoms with van der Waals surface area (Å²) in [5, 5.41) is 10.3. The Labute approximate surface area is 119 Å². The van der Waals surface area contributed by atoms with Crippen molar-refractivity contribution in [3.8, 4) is 11.5 Å². The SMILES string of the molecule is COc1ccc(OC)c([C@@H](O)CCC2OCCCO2)c1. The van der Waals surface area contributed by atoms with Gasteiger partial charge in [-0.15, -0.1) is 0 Å². The van der Waals surface area contributed by atoms with Crippen LogP contribution in [0, 0.1) is 0 Å². The summed E-state index contributed by atoms with van der Waals surface area (Å²) in [5.74, 6) is 1.36. The van der Waals surface area contributed by atoms with Gasteiger partial charge in [0.1, 0.15) is 11.5 Å². The van der Waals surface area contributed by atoms with Gasteiger partial charge in [-0.05, 0) is 31.0 Å². The van der Waals surface area contributed by atoms with E-state index in [2.05, 4.69) is 0 Å². The molecular formula is C15H22O5. The topological polar surface area (TPSA) is 57.2 Å². The molecule has 0 radical (unpaired) electrons. The van der Waals surface area contributed by atoms with Crippen LogP contribution in [-0.4, -0.2) is 38.8 Å². The lowest BCUT2D eigenvalue weighted by molar-refractivity contribution is -0.183. The molecule has 0 unspecified atom stereocenters. The molecule has 1 N–H and O–H groups in total. The van der Waals surface area contributed by atoms with Gasteiger partial charge < -0.3 is 24.1 Å². The Kier molecular flexibility index (Phi) is 5.64. The average molecular weight is 282 g/mol. The Morgan fingerprint density at radius 1 is 1.25 bits per heavy atom. The summed E-state index contributed by atoms with van der Waals surface area (Å²) in [5.41, 5.74) is 0.725. The van der Waals surface area contributed by atoms with E-state index < -0.39 is 6.10 Å². The van der Waals surface area contributed by atoms with Gasteiger partial charge in [0, 0.05) is 12.0 Å². The van der Waals surface area contributed by atoms with Gasteiger partial charge in [-0.2, -0.15) is 0 Å². The van der Waals surface area contributed by atoms with Crippen LogP contribution in [0.25, 0.3) is 0 Å². The first-order chi connectivity index (χ1) is 9.74. The van der Waals surface area contributed by atoms with E-state index in [0.29, 0.717) is 24.3 Å². The highest BCUT2D eigenvalue weighted by Crippen LogP contribution is 2.32. The second-order valence-corrected chi connectivity index (χ2v) is 4.73. The molecule has 0 aliphatic carbocycles. The third-order valence-corrected chi connectivity index (χ3v) is 3.37. The smallest absolute Gasteiger partial charge is 0.157 e. The number of hydrogen-bond donors (Lipinski definition) is 1. The average Bonchev–Trinajstić information content (AvgIpc) is 2.52. The van der Waals surface area contributed by atoms with Gasteiger partial charge in [0.05, 0.1) is 33.5 Å². The monoisotopic (exact) mass is 282 g/mol. The number of benzene rings is 1. The first-order valence-electron chi connectivity index (χ1n) is 6.87. The molecule has 1 aliphatic rings. The summed E-state index contributed by atoms with van der Waals surface area (Å²) in [4.78, 5) is 0. The van der Waals surface area contributed by atoms with Crippen molar-refractivity contribution in [1.82, 2.24) is 0 Å². The number of aliphatic hydroxyl groups is 1. The van der Waals surface area contributed by atoms with E-state index in [1.54, 1.807) is 26.4 Å².